The third kappa shape index (κ3) is 3.82. The zero-order chi connectivity index (χ0) is 13.7. The quantitative estimate of drug-likeness (QED) is 0.847. The fourth-order valence-electron chi connectivity index (χ4n) is 2.55. The van der Waals surface area contributed by atoms with Gasteiger partial charge in [-0.3, -0.25) is 0 Å². The van der Waals surface area contributed by atoms with Crippen molar-refractivity contribution in [2.75, 3.05) is 7.05 Å². The molecule has 2 atom stereocenters. The highest BCUT2D eigenvalue weighted by Crippen LogP contribution is 2.25. The van der Waals surface area contributed by atoms with Gasteiger partial charge in [0.25, 0.3) is 0 Å². The Labute approximate surface area is 120 Å². The maximum absolute atomic E-state index is 5.92. The Balaban J connectivity index is 2.09. The number of hydrogen-bond acceptors (Lipinski definition) is 1. The standard InChI is InChI=1S/C17H20ClN/c1-13(12-14-8-10-16(18)11-9-14)17(19-2)15-6-4-3-5-7-15/h3-11,13,17,19H,12H2,1-2H3. The molecule has 2 unspecified atom stereocenters. The highest BCUT2D eigenvalue weighted by Gasteiger charge is 2.17. The molecule has 2 heteroatoms. The van der Waals surface area contributed by atoms with E-state index in [2.05, 4.69) is 54.7 Å². The van der Waals surface area contributed by atoms with Crippen LogP contribution < -0.4 is 5.32 Å². The number of hydrogen-bond donors (Lipinski definition) is 1. The van der Waals surface area contributed by atoms with Crippen LogP contribution in [-0.4, -0.2) is 7.05 Å². The van der Waals surface area contributed by atoms with Crippen LogP contribution in [0, 0.1) is 5.92 Å². The van der Waals surface area contributed by atoms with Gasteiger partial charge in [0.15, 0.2) is 0 Å². The lowest BCUT2D eigenvalue weighted by Crippen LogP contribution is -2.24. The van der Waals surface area contributed by atoms with Gasteiger partial charge in [-0.1, -0.05) is 61.0 Å². The number of halogens is 1. The van der Waals surface area contributed by atoms with E-state index in [4.69, 9.17) is 11.6 Å². The maximum atomic E-state index is 5.92. The Hall–Kier alpha value is -1.31. The Bertz CT molecular complexity index is 492. The van der Waals surface area contributed by atoms with Crippen LogP contribution in [0.4, 0.5) is 0 Å². The monoisotopic (exact) mass is 273 g/mol. The van der Waals surface area contributed by atoms with Crippen molar-refractivity contribution in [2.45, 2.75) is 19.4 Å². The lowest BCUT2D eigenvalue weighted by atomic mass is 9.89. The summed E-state index contributed by atoms with van der Waals surface area (Å²) in [5, 5.41) is 4.22. The van der Waals surface area contributed by atoms with Crippen LogP contribution in [-0.2, 0) is 6.42 Å². The lowest BCUT2D eigenvalue weighted by molar-refractivity contribution is 0.409. The molecular formula is C17H20ClN. The fraction of sp³-hybridized carbons (Fsp3) is 0.294. The molecule has 0 saturated carbocycles. The second-order valence-electron chi connectivity index (χ2n) is 4.98. The summed E-state index contributed by atoms with van der Waals surface area (Å²) in [5.74, 6) is 0.522. The molecule has 0 heterocycles. The van der Waals surface area contributed by atoms with Gasteiger partial charge in [0.2, 0.25) is 0 Å². The van der Waals surface area contributed by atoms with E-state index in [9.17, 15) is 0 Å². The highest BCUT2D eigenvalue weighted by molar-refractivity contribution is 6.30. The predicted octanol–water partition coefficient (Wildman–Crippen LogP) is 4.48. The fourth-order valence-corrected chi connectivity index (χ4v) is 2.68. The summed E-state index contributed by atoms with van der Waals surface area (Å²) >= 11 is 5.92. The minimum absolute atomic E-state index is 0.372. The van der Waals surface area contributed by atoms with E-state index in [0.29, 0.717) is 12.0 Å². The third-order valence-electron chi connectivity index (χ3n) is 3.51. The number of nitrogens with one attached hydrogen (secondary N) is 1. The van der Waals surface area contributed by atoms with Gasteiger partial charge in [-0.25, -0.2) is 0 Å². The molecule has 0 amide bonds. The molecule has 2 rings (SSSR count). The summed E-state index contributed by atoms with van der Waals surface area (Å²) < 4.78 is 0. The van der Waals surface area contributed by atoms with Crippen LogP contribution in [0.5, 0.6) is 0 Å². The van der Waals surface area contributed by atoms with Crippen LogP contribution in [0.1, 0.15) is 24.1 Å². The van der Waals surface area contributed by atoms with Crippen molar-refractivity contribution < 1.29 is 0 Å². The summed E-state index contributed by atoms with van der Waals surface area (Å²) in [4.78, 5) is 0. The van der Waals surface area contributed by atoms with Crippen molar-refractivity contribution in [2.24, 2.45) is 5.92 Å². The van der Waals surface area contributed by atoms with Gasteiger partial charge >= 0.3 is 0 Å². The molecule has 0 aromatic heterocycles. The first-order valence-corrected chi connectivity index (χ1v) is 7.05. The molecule has 0 aliphatic heterocycles. The van der Waals surface area contributed by atoms with Gasteiger partial charge in [-0.15, -0.1) is 0 Å². The van der Waals surface area contributed by atoms with E-state index >= 15 is 0 Å². The first-order chi connectivity index (χ1) is 9.20. The second-order valence-corrected chi connectivity index (χ2v) is 5.42. The summed E-state index contributed by atoms with van der Waals surface area (Å²) in [5.41, 5.74) is 2.67. The van der Waals surface area contributed by atoms with Gasteiger partial charge in [0.1, 0.15) is 0 Å². The largest absolute Gasteiger partial charge is 0.313 e. The normalized spacial score (nSPS) is 14.1. The predicted molar refractivity (Wildman–Crippen MR) is 82.6 cm³/mol. The van der Waals surface area contributed by atoms with Gasteiger partial charge in [0.05, 0.1) is 0 Å². The average molecular weight is 274 g/mol. The Morgan fingerprint density at radius 3 is 2.21 bits per heavy atom. The smallest absolute Gasteiger partial charge is 0.0406 e. The minimum atomic E-state index is 0.372. The van der Waals surface area contributed by atoms with Crippen molar-refractivity contribution in [3.8, 4) is 0 Å². The molecule has 1 N–H and O–H groups in total. The molecule has 19 heavy (non-hydrogen) atoms. The van der Waals surface area contributed by atoms with E-state index in [-0.39, 0.29) is 0 Å². The van der Waals surface area contributed by atoms with E-state index in [1.165, 1.54) is 11.1 Å². The molecule has 2 aromatic carbocycles. The second kappa shape index (κ2) is 6.74. The Kier molecular flexibility index (Phi) is 5.00. The van der Waals surface area contributed by atoms with Crippen LogP contribution >= 0.6 is 11.6 Å². The molecule has 0 aliphatic carbocycles. The SMILES string of the molecule is CNC(c1ccccc1)C(C)Cc1ccc(Cl)cc1. The summed E-state index contributed by atoms with van der Waals surface area (Å²) in [6, 6.07) is 19.1. The molecule has 0 spiro atoms. The summed E-state index contributed by atoms with van der Waals surface area (Å²) in [6.07, 6.45) is 1.04. The zero-order valence-electron chi connectivity index (χ0n) is 11.4. The van der Waals surface area contributed by atoms with Crippen molar-refractivity contribution >= 4 is 11.6 Å². The highest BCUT2D eigenvalue weighted by atomic mass is 35.5. The number of benzene rings is 2. The van der Waals surface area contributed by atoms with Gasteiger partial charge < -0.3 is 5.32 Å². The Morgan fingerprint density at radius 2 is 1.63 bits per heavy atom. The van der Waals surface area contributed by atoms with Gasteiger partial charge in [-0.2, -0.15) is 0 Å². The molecular weight excluding hydrogens is 254 g/mol. The molecule has 1 nitrogen and oxygen atoms in total. The first-order valence-electron chi connectivity index (χ1n) is 6.67. The summed E-state index contributed by atoms with van der Waals surface area (Å²) in [7, 11) is 2.02. The first kappa shape index (κ1) is 14.1. The van der Waals surface area contributed by atoms with Crippen LogP contribution in [0.25, 0.3) is 0 Å². The van der Waals surface area contributed by atoms with E-state index in [1.807, 2.05) is 19.2 Å². The van der Waals surface area contributed by atoms with Crippen LogP contribution in [0.15, 0.2) is 54.6 Å². The average Bonchev–Trinajstić information content (AvgIpc) is 2.43. The lowest BCUT2D eigenvalue weighted by Gasteiger charge is -2.24. The van der Waals surface area contributed by atoms with Crippen molar-refractivity contribution in [3.05, 3.63) is 70.7 Å². The van der Waals surface area contributed by atoms with Crippen molar-refractivity contribution in [3.63, 3.8) is 0 Å². The van der Waals surface area contributed by atoms with E-state index < -0.39 is 0 Å². The molecule has 0 aliphatic rings. The topological polar surface area (TPSA) is 12.0 Å². The maximum Gasteiger partial charge on any atom is 0.0406 e. The molecule has 0 radical (unpaired) electrons. The molecule has 0 fully saturated rings. The van der Waals surface area contributed by atoms with Crippen LogP contribution in [0.2, 0.25) is 5.02 Å². The molecule has 100 valence electrons. The van der Waals surface area contributed by atoms with Crippen LogP contribution in [0.3, 0.4) is 0 Å². The summed E-state index contributed by atoms with van der Waals surface area (Å²) in [6.45, 7) is 2.28. The zero-order valence-corrected chi connectivity index (χ0v) is 12.2. The van der Waals surface area contributed by atoms with Crippen molar-refractivity contribution in [1.82, 2.24) is 5.32 Å². The molecule has 0 bridgehead atoms. The van der Waals surface area contributed by atoms with Crippen molar-refractivity contribution in [1.29, 1.82) is 0 Å². The van der Waals surface area contributed by atoms with E-state index in [1.54, 1.807) is 0 Å². The van der Waals surface area contributed by atoms with Gasteiger partial charge in [-0.05, 0) is 42.6 Å². The molecule has 2 aromatic rings. The van der Waals surface area contributed by atoms with E-state index in [0.717, 1.165) is 11.4 Å². The molecule has 0 saturated heterocycles. The Morgan fingerprint density at radius 1 is 1.00 bits per heavy atom. The minimum Gasteiger partial charge on any atom is -0.313 e. The third-order valence-corrected chi connectivity index (χ3v) is 3.76. The number of rotatable bonds is 5. The van der Waals surface area contributed by atoms with Gasteiger partial charge in [0, 0.05) is 11.1 Å².